The van der Waals surface area contributed by atoms with E-state index in [2.05, 4.69) is 5.32 Å². The molecule has 3 nitrogen and oxygen atoms in total. The van der Waals surface area contributed by atoms with Gasteiger partial charge in [-0.1, -0.05) is 24.3 Å². The molecule has 2 rings (SSSR count). The molecule has 0 radical (unpaired) electrons. The van der Waals surface area contributed by atoms with Crippen molar-refractivity contribution in [2.75, 3.05) is 11.9 Å². The fraction of sp³-hybridized carbons (Fsp3) is 0.188. The fourth-order valence-electron chi connectivity index (χ4n) is 1.78. The SMILES string of the molecule is Cc1ccc(F)cc1NC(=O)COc1ccccc1C. The molecule has 4 heteroatoms. The Balaban J connectivity index is 1.96. The Labute approximate surface area is 117 Å². The Morgan fingerprint density at radius 3 is 2.65 bits per heavy atom. The second-order valence-electron chi connectivity index (χ2n) is 4.56. The standard InChI is InChI=1S/C16H16FNO2/c1-11-7-8-13(17)9-14(11)18-16(19)10-20-15-6-4-3-5-12(15)2/h3-9H,10H2,1-2H3,(H,18,19). The molecule has 0 aliphatic carbocycles. The third kappa shape index (κ3) is 3.57. The van der Waals surface area contributed by atoms with E-state index in [0.717, 1.165) is 11.1 Å². The molecule has 2 aromatic carbocycles. The maximum atomic E-state index is 13.1. The smallest absolute Gasteiger partial charge is 0.262 e. The summed E-state index contributed by atoms with van der Waals surface area (Å²) in [6.45, 7) is 3.60. The second kappa shape index (κ2) is 6.19. The van der Waals surface area contributed by atoms with Crippen molar-refractivity contribution >= 4 is 11.6 Å². The van der Waals surface area contributed by atoms with Crippen molar-refractivity contribution < 1.29 is 13.9 Å². The van der Waals surface area contributed by atoms with Gasteiger partial charge in [0.1, 0.15) is 11.6 Å². The molecule has 20 heavy (non-hydrogen) atoms. The zero-order valence-corrected chi connectivity index (χ0v) is 11.4. The van der Waals surface area contributed by atoms with Crippen LogP contribution in [0.25, 0.3) is 0 Å². The van der Waals surface area contributed by atoms with E-state index >= 15 is 0 Å². The fourth-order valence-corrected chi connectivity index (χ4v) is 1.78. The summed E-state index contributed by atoms with van der Waals surface area (Å²) in [5.74, 6) is -0.0358. The van der Waals surface area contributed by atoms with Gasteiger partial charge in [0.25, 0.3) is 5.91 Å². The number of benzene rings is 2. The molecule has 0 atom stereocenters. The van der Waals surface area contributed by atoms with E-state index in [1.165, 1.54) is 12.1 Å². The van der Waals surface area contributed by atoms with E-state index < -0.39 is 0 Å². The van der Waals surface area contributed by atoms with Gasteiger partial charge in [0, 0.05) is 5.69 Å². The van der Waals surface area contributed by atoms with Crippen LogP contribution in [-0.2, 0) is 4.79 Å². The number of para-hydroxylation sites is 1. The van der Waals surface area contributed by atoms with Crippen molar-refractivity contribution in [1.82, 2.24) is 0 Å². The van der Waals surface area contributed by atoms with Crippen molar-refractivity contribution in [2.45, 2.75) is 13.8 Å². The molecule has 0 aromatic heterocycles. The number of ether oxygens (including phenoxy) is 1. The second-order valence-corrected chi connectivity index (χ2v) is 4.56. The van der Waals surface area contributed by atoms with Gasteiger partial charge in [-0.05, 0) is 43.2 Å². The van der Waals surface area contributed by atoms with Gasteiger partial charge < -0.3 is 10.1 Å². The minimum atomic E-state index is -0.384. The predicted octanol–water partition coefficient (Wildman–Crippen LogP) is 3.46. The van der Waals surface area contributed by atoms with Crippen LogP contribution >= 0.6 is 0 Å². The molecule has 0 saturated heterocycles. The van der Waals surface area contributed by atoms with E-state index in [0.29, 0.717) is 11.4 Å². The van der Waals surface area contributed by atoms with E-state index in [-0.39, 0.29) is 18.3 Å². The minimum Gasteiger partial charge on any atom is -0.483 e. The predicted molar refractivity (Wildman–Crippen MR) is 76.4 cm³/mol. The Morgan fingerprint density at radius 1 is 1.15 bits per heavy atom. The molecular weight excluding hydrogens is 257 g/mol. The van der Waals surface area contributed by atoms with Crippen LogP contribution < -0.4 is 10.1 Å². The number of hydrogen-bond acceptors (Lipinski definition) is 2. The maximum Gasteiger partial charge on any atom is 0.262 e. The Morgan fingerprint density at radius 2 is 1.90 bits per heavy atom. The Kier molecular flexibility index (Phi) is 4.35. The lowest BCUT2D eigenvalue weighted by molar-refractivity contribution is -0.118. The molecule has 2 aromatic rings. The van der Waals surface area contributed by atoms with Crippen LogP contribution in [0.5, 0.6) is 5.75 Å². The van der Waals surface area contributed by atoms with Crippen molar-refractivity contribution in [2.24, 2.45) is 0 Å². The van der Waals surface area contributed by atoms with Crippen molar-refractivity contribution in [3.8, 4) is 5.75 Å². The molecular formula is C16H16FNO2. The molecule has 1 amide bonds. The summed E-state index contributed by atoms with van der Waals surface area (Å²) in [5.41, 5.74) is 2.22. The molecule has 1 N–H and O–H groups in total. The first-order valence-corrected chi connectivity index (χ1v) is 6.30. The summed E-state index contributed by atoms with van der Waals surface area (Å²) in [7, 11) is 0. The summed E-state index contributed by atoms with van der Waals surface area (Å²) in [6, 6.07) is 11.7. The lowest BCUT2D eigenvalue weighted by Crippen LogP contribution is -2.21. The van der Waals surface area contributed by atoms with Gasteiger partial charge in [-0.3, -0.25) is 4.79 Å². The van der Waals surface area contributed by atoms with Crippen LogP contribution in [-0.4, -0.2) is 12.5 Å². The average molecular weight is 273 g/mol. The first-order chi connectivity index (χ1) is 9.56. The first kappa shape index (κ1) is 14.1. The maximum absolute atomic E-state index is 13.1. The molecule has 0 bridgehead atoms. The first-order valence-electron chi connectivity index (χ1n) is 6.30. The number of anilines is 1. The highest BCUT2D eigenvalue weighted by Gasteiger charge is 2.07. The largest absolute Gasteiger partial charge is 0.483 e. The van der Waals surface area contributed by atoms with Crippen LogP contribution in [0.15, 0.2) is 42.5 Å². The van der Waals surface area contributed by atoms with E-state index in [9.17, 15) is 9.18 Å². The number of hydrogen-bond donors (Lipinski definition) is 1. The number of rotatable bonds is 4. The molecule has 0 spiro atoms. The zero-order valence-electron chi connectivity index (χ0n) is 11.4. The van der Waals surface area contributed by atoms with Crippen molar-refractivity contribution in [3.63, 3.8) is 0 Å². The van der Waals surface area contributed by atoms with Crippen LogP contribution in [0, 0.1) is 19.7 Å². The van der Waals surface area contributed by atoms with Gasteiger partial charge in [-0.15, -0.1) is 0 Å². The van der Waals surface area contributed by atoms with Crippen LogP contribution in [0.4, 0.5) is 10.1 Å². The topological polar surface area (TPSA) is 38.3 Å². The number of nitrogens with one attached hydrogen (secondary N) is 1. The van der Waals surface area contributed by atoms with Crippen molar-refractivity contribution in [1.29, 1.82) is 0 Å². The van der Waals surface area contributed by atoms with E-state index in [4.69, 9.17) is 4.74 Å². The zero-order chi connectivity index (χ0) is 14.5. The molecule has 104 valence electrons. The third-order valence-corrected chi connectivity index (χ3v) is 2.93. The highest BCUT2D eigenvalue weighted by atomic mass is 19.1. The summed E-state index contributed by atoms with van der Waals surface area (Å²) in [4.78, 5) is 11.8. The quantitative estimate of drug-likeness (QED) is 0.926. The number of carbonyl (C=O) groups is 1. The van der Waals surface area contributed by atoms with Gasteiger partial charge in [0.2, 0.25) is 0 Å². The summed E-state index contributed by atoms with van der Waals surface area (Å²) in [5, 5.41) is 2.64. The monoisotopic (exact) mass is 273 g/mol. The molecule has 0 heterocycles. The number of carbonyl (C=O) groups excluding carboxylic acids is 1. The molecule has 0 saturated carbocycles. The molecule has 0 aliphatic rings. The van der Waals surface area contributed by atoms with Crippen LogP contribution in [0.1, 0.15) is 11.1 Å². The van der Waals surface area contributed by atoms with Crippen molar-refractivity contribution in [3.05, 3.63) is 59.4 Å². The molecule has 0 fully saturated rings. The van der Waals surface area contributed by atoms with Gasteiger partial charge in [-0.2, -0.15) is 0 Å². The molecule has 0 unspecified atom stereocenters. The van der Waals surface area contributed by atoms with Gasteiger partial charge >= 0.3 is 0 Å². The summed E-state index contributed by atoms with van der Waals surface area (Å²) in [6.07, 6.45) is 0. The van der Waals surface area contributed by atoms with Gasteiger partial charge in [-0.25, -0.2) is 4.39 Å². The number of amides is 1. The lowest BCUT2D eigenvalue weighted by Gasteiger charge is -2.11. The number of halogens is 1. The highest BCUT2D eigenvalue weighted by molar-refractivity contribution is 5.92. The molecule has 0 aliphatic heterocycles. The van der Waals surface area contributed by atoms with E-state index in [1.807, 2.05) is 25.1 Å². The average Bonchev–Trinajstić information content (AvgIpc) is 2.42. The summed E-state index contributed by atoms with van der Waals surface area (Å²) < 4.78 is 18.6. The Hall–Kier alpha value is -2.36. The summed E-state index contributed by atoms with van der Waals surface area (Å²) >= 11 is 0. The van der Waals surface area contributed by atoms with Crippen LogP contribution in [0.2, 0.25) is 0 Å². The van der Waals surface area contributed by atoms with Crippen LogP contribution in [0.3, 0.4) is 0 Å². The van der Waals surface area contributed by atoms with Gasteiger partial charge in [0.05, 0.1) is 0 Å². The van der Waals surface area contributed by atoms with E-state index in [1.54, 1.807) is 19.1 Å². The number of aryl methyl sites for hydroxylation is 2. The normalized spacial score (nSPS) is 10.2. The third-order valence-electron chi connectivity index (χ3n) is 2.93. The van der Waals surface area contributed by atoms with Gasteiger partial charge in [0.15, 0.2) is 6.61 Å². The highest BCUT2D eigenvalue weighted by Crippen LogP contribution is 2.17. The minimum absolute atomic E-state index is 0.110. The Bertz CT molecular complexity index is 626. The lowest BCUT2D eigenvalue weighted by atomic mass is 10.2.